The maximum absolute atomic E-state index is 11.9. The van der Waals surface area contributed by atoms with Crippen LogP contribution in [0.1, 0.15) is 33.6 Å². The fourth-order valence-electron chi connectivity index (χ4n) is 2.00. The van der Waals surface area contributed by atoms with Crippen LogP contribution in [0.2, 0.25) is 0 Å². The van der Waals surface area contributed by atoms with Crippen LogP contribution < -0.4 is 5.73 Å². The Bertz CT molecular complexity index is 258. The molecule has 0 aromatic rings. The van der Waals surface area contributed by atoms with E-state index in [0.29, 0.717) is 5.92 Å². The van der Waals surface area contributed by atoms with Gasteiger partial charge >= 0.3 is 0 Å². The smallest absolute Gasteiger partial charge is 0.249 e. The summed E-state index contributed by atoms with van der Waals surface area (Å²) < 4.78 is 0. The van der Waals surface area contributed by atoms with Gasteiger partial charge in [-0.05, 0) is 39.5 Å². The van der Waals surface area contributed by atoms with Crippen LogP contribution in [0, 0.1) is 5.92 Å². The van der Waals surface area contributed by atoms with Gasteiger partial charge in [-0.3, -0.25) is 4.79 Å². The highest BCUT2D eigenvalue weighted by Gasteiger charge is 2.25. The number of hydrogen-bond donors (Lipinski definition) is 1. The molecule has 0 aromatic carbocycles. The van der Waals surface area contributed by atoms with E-state index in [1.165, 1.54) is 0 Å². The quantitative estimate of drug-likeness (QED) is 0.703. The molecule has 2 N–H and O–H groups in total. The van der Waals surface area contributed by atoms with E-state index in [4.69, 9.17) is 5.73 Å². The van der Waals surface area contributed by atoms with Crippen molar-refractivity contribution in [1.29, 1.82) is 0 Å². The fourth-order valence-corrected chi connectivity index (χ4v) is 2.00. The molecule has 1 amide bonds. The van der Waals surface area contributed by atoms with Crippen LogP contribution in [-0.4, -0.2) is 29.9 Å². The highest BCUT2D eigenvalue weighted by atomic mass is 16.2. The molecule has 1 aliphatic rings. The van der Waals surface area contributed by atoms with Crippen LogP contribution in [-0.2, 0) is 4.79 Å². The molecule has 1 aliphatic heterocycles. The maximum Gasteiger partial charge on any atom is 0.249 e. The molecule has 0 saturated carbocycles. The highest BCUT2D eigenvalue weighted by Crippen LogP contribution is 2.20. The number of likely N-dealkylation sites (tertiary alicyclic amines) is 1. The van der Waals surface area contributed by atoms with E-state index in [2.05, 4.69) is 0 Å². The zero-order valence-corrected chi connectivity index (χ0v) is 9.99. The SMILES string of the molecule is C/C=C(/C)C(=O)N1CCC[C@H]([C@H](C)N)C1. The second-order valence-electron chi connectivity index (χ2n) is 4.48. The number of nitrogens with two attached hydrogens (primary N) is 1. The van der Waals surface area contributed by atoms with Crippen LogP contribution in [0.4, 0.5) is 0 Å². The number of hydrogen-bond acceptors (Lipinski definition) is 2. The van der Waals surface area contributed by atoms with Gasteiger partial charge in [0.25, 0.3) is 0 Å². The minimum Gasteiger partial charge on any atom is -0.339 e. The Labute approximate surface area is 92.3 Å². The Hall–Kier alpha value is -0.830. The van der Waals surface area contributed by atoms with Gasteiger partial charge in [-0.25, -0.2) is 0 Å². The third-order valence-electron chi connectivity index (χ3n) is 3.26. The standard InChI is InChI=1S/C12H22N2O/c1-4-9(2)12(15)14-7-5-6-11(8-14)10(3)13/h4,10-11H,5-8,13H2,1-3H3/b9-4-/t10-,11-/m0/s1. The lowest BCUT2D eigenvalue weighted by Gasteiger charge is -2.34. The third kappa shape index (κ3) is 3.06. The fraction of sp³-hybridized carbons (Fsp3) is 0.750. The third-order valence-corrected chi connectivity index (χ3v) is 3.26. The first kappa shape index (κ1) is 12.2. The van der Waals surface area contributed by atoms with Crippen molar-refractivity contribution in [2.24, 2.45) is 11.7 Å². The number of rotatable bonds is 2. The summed E-state index contributed by atoms with van der Waals surface area (Å²) in [5.41, 5.74) is 6.72. The average molecular weight is 210 g/mol. The Morgan fingerprint density at radius 3 is 2.80 bits per heavy atom. The summed E-state index contributed by atoms with van der Waals surface area (Å²) in [5, 5.41) is 0. The molecule has 1 saturated heterocycles. The number of carbonyl (C=O) groups is 1. The Morgan fingerprint density at radius 1 is 1.60 bits per heavy atom. The first-order chi connectivity index (χ1) is 7.06. The molecule has 86 valence electrons. The van der Waals surface area contributed by atoms with E-state index < -0.39 is 0 Å². The lowest BCUT2D eigenvalue weighted by atomic mass is 9.92. The summed E-state index contributed by atoms with van der Waals surface area (Å²) in [7, 11) is 0. The van der Waals surface area contributed by atoms with Crippen molar-refractivity contribution in [2.45, 2.75) is 39.7 Å². The number of allylic oxidation sites excluding steroid dienone is 1. The lowest BCUT2D eigenvalue weighted by Crippen LogP contribution is -2.45. The average Bonchev–Trinajstić information content (AvgIpc) is 2.27. The topological polar surface area (TPSA) is 46.3 Å². The van der Waals surface area contributed by atoms with E-state index in [9.17, 15) is 4.79 Å². The maximum atomic E-state index is 11.9. The zero-order valence-electron chi connectivity index (χ0n) is 9.99. The van der Waals surface area contributed by atoms with E-state index in [-0.39, 0.29) is 11.9 Å². The summed E-state index contributed by atoms with van der Waals surface area (Å²) in [4.78, 5) is 13.9. The molecule has 3 heteroatoms. The van der Waals surface area contributed by atoms with Gasteiger partial charge in [-0.15, -0.1) is 0 Å². The minimum absolute atomic E-state index is 0.169. The van der Waals surface area contributed by atoms with Crippen LogP contribution >= 0.6 is 0 Å². The first-order valence-electron chi connectivity index (χ1n) is 5.74. The molecule has 1 heterocycles. The van der Waals surface area contributed by atoms with Gasteiger partial charge in [0.15, 0.2) is 0 Å². The van der Waals surface area contributed by atoms with E-state index >= 15 is 0 Å². The van der Waals surface area contributed by atoms with Crippen LogP contribution in [0.3, 0.4) is 0 Å². The summed E-state index contributed by atoms with van der Waals surface area (Å²) in [5.74, 6) is 0.634. The van der Waals surface area contributed by atoms with Crippen LogP contribution in [0.25, 0.3) is 0 Å². The molecular weight excluding hydrogens is 188 g/mol. The van der Waals surface area contributed by atoms with Gasteiger partial charge in [0, 0.05) is 24.7 Å². The van der Waals surface area contributed by atoms with Gasteiger partial charge in [0.1, 0.15) is 0 Å². The second kappa shape index (κ2) is 5.31. The van der Waals surface area contributed by atoms with Crippen molar-refractivity contribution in [3.05, 3.63) is 11.6 Å². The monoisotopic (exact) mass is 210 g/mol. The van der Waals surface area contributed by atoms with Gasteiger partial charge < -0.3 is 10.6 Å². The molecule has 3 nitrogen and oxygen atoms in total. The van der Waals surface area contributed by atoms with Gasteiger partial charge in [0.05, 0.1) is 0 Å². The largest absolute Gasteiger partial charge is 0.339 e. The molecule has 0 unspecified atom stereocenters. The summed E-state index contributed by atoms with van der Waals surface area (Å²) in [6.45, 7) is 7.51. The van der Waals surface area contributed by atoms with E-state index in [1.807, 2.05) is 31.7 Å². The summed E-state index contributed by atoms with van der Waals surface area (Å²) in [6.07, 6.45) is 4.10. The zero-order chi connectivity index (χ0) is 11.4. The number of amides is 1. The van der Waals surface area contributed by atoms with Crippen molar-refractivity contribution in [2.75, 3.05) is 13.1 Å². The van der Waals surface area contributed by atoms with Crippen molar-refractivity contribution >= 4 is 5.91 Å². The van der Waals surface area contributed by atoms with E-state index in [0.717, 1.165) is 31.5 Å². The van der Waals surface area contributed by atoms with Crippen LogP contribution in [0.5, 0.6) is 0 Å². The molecule has 0 aliphatic carbocycles. The molecule has 2 atom stereocenters. The highest BCUT2D eigenvalue weighted by molar-refractivity contribution is 5.92. The second-order valence-corrected chi connectivity index (χ2v) is 4.48. The Morgan fingerprint density at radius 2 is 2.27 bits per heavy atom. The van der Waals surface area contributed by atoms with Gasteiger partial charge in [0.2, 0.25) is 5.91 Å². The predicted molar refractivity (Wildman–Crippen MR) is 62.4 cm³/mol. The van der Waals surface area contributed by atoms with Gasteiger partial charge in [-0.2, -0.15) is 0 Å². The summed E-state index contributed by atoms with van der Waals surface area (Å²) in [6, 6.07) is 0.187. The lowest BCUT2D eigenvalue weighted by molar-refractivity contribution is -0.128. The predicted octanol–water partition coefficient (Wildman–Crippen LogP) is 1.54. The van der Waals surface area contributed by atoms with Crippen molar-refractivity contribution in [3.8, 4) is 0 Å². The van der Waals surface area contributed by atoms with Crippen molar-refractivity contribution in [1.82, 2.24) is 4.90 Å². The minimum atomic E-state index is 0.169. The molecule has 1 fully saturated rings. The molecule has 0 radical (unpaired) electrons. The first-order valence-corrected chi connectivity index (χ1v) is 5.74. The van der Waals surface area contributed by atoms with Crippen LogP contribution in [0.15, 0.2) is 11.6 Å². The van der Waals surface area contributed by atoms with Gasteiger partial charge in [-0.1, -0.05) is 6.08 Å². The Balaban J connectivity index is 2.60. The Kier molecular flexibility index (Phi) is 4.33. The normalized spacial score (nSPS) is 25.2. The molecule has 0 spiro atoms. The molecular formula is C12H22N2O. The van der Waals surface area contributed by atoms with Crippen molar-refractivity contribution in [3.63, 3.8) is 0 Å². The number of carbonyl (C=O) groups excluding carboxylic acids is 1. The van der Waals surface area contributed by atoms with Crippen molar-refractivity contribution < 1.29 is 4.79 Å². The molecule has 1 rings (SSSR count). The number of piperidine rings is 1. The molecule has 0 bridgehead atoms. The van der Waals surface area contributed by atoms with E-state index in [1.54, 1.807) is 0 Å². The molecule has 15 heavy (non-hydrogen) atoms. The number of nitrogens with zero attached hydrogens (tertiary/aromatic N) is 1. The summed E-state index contributed by atoms with van der Waals surface area (Å²) >= 11 is 0. The molecule has 0 aromatic heterocycles.